The van der Waals surface area contributed by atoms with Gasteiger partial charge in [0.2, 0.25) is 6.33 Å². The van der Waals surface area contributed by atoms with E-state index in [1.165, 1.54) is 0 Å². The molecule has 0 aliphatic carbocycles. The molecule has 0 aliphatic rings. The summed E-state index contributed by atoms with van der Waals surface area (Å²) in [6.07, 6.45) is 6.02. The van der Waals surface area contributed by atoms with Gasteiger partial charge in [0.05, 0.1) is 0 Å². The fraction of sp³-hybridized carbons (Fsp3) is 0.308. The third kappa shape index (κ3) is 3.32. The average molecular weight is 252 g/mol. The Morgan fingerprint density at radius 2 is 2.18 bits per heavy atom. The summed E-state index contributed by atoms with van der Waals surface area (Å²) in [5.41, 5.74) is 1.12. The minimum atomic E-state index is 0.589. The molecule has 90 valence electrons. The summed E-state index contributed by atoms with van der Waals surface area (Å²) < 4.78 is 9.41. The maximum atomic E-state index is 6.12. The summed E-state index contributed by atoms with van der Waals surface area (Å²) in [6, 6.07) is 7.89. The van der Waals surface area contributed by atoms with Crippen LogP contribution in [0.25, 0.3) is 0 Å². The molecule has 0 bridgehead atoms. The Kier molecular flexibility index (Phi) is 4.18. The second kappa shape index (κ2) is 5.84. The molecule has 0 amide bonds. The van der Waals surface area contributed by atoms with Crippen molar-refractivity contribution in [3.63, 3.8) is 0 Å². The first-order chi connectivity index (χ1) is 8.29. The molecular weight excluding hydrogens is 236 g/mol. The Hall–Kier alpha value is -1.32. The highest BCUT2D eigenvalue weighted by Gasteiger charge is 2.06. The van der Waals surface area contributed by atoms with Crippen LogP contribution < -0.4 is 4.57 Å². The van der Waals surface area contributed by atoms with Crippen LogP contribution in [0.15, 0.2) is 43.0 Å². The molecule has 0 spiro atoms. The predicted molar refractivity (Wildman–Crippen MR) is 66.8 cm³/mol. The van der Waals surface area contributed by atoms with E-state index in [1.54, 1.807) is 0 Å². The number of imidazole rings is 1. The lowest BCUT2D eigenvalue weighted by Gasteiger charge is -2.00. The largest absolute Gasteiger partial charge is 0.342 e. The molecule has 0 unspecified atom stereocenters. The van der Waals surface area contributed by atoms with Gasteiger partial charge in [0.15, 0.2) is 6.73 Å². The summed E-state index contributed by atoms with van der Waals surface area (Å²) in [6.45, 7) is 4.08. The molecule has 1 aromatic heterocycles. The zero-order chi connectivity index (χ0) is 12.1. The van der Waals surface area contributed by atoms with E-state index in [2.05, 4.69) is 4.57 Å². The van der Waals surface area contributed by atoms with Gasteiger partial charge in [-0.2, -0.15) is 0 Å². The number of aromatic nitrogens is 2. The molecule has 4 heteroatoms. The molecule has 0 radical (unpaired) electrons. The number of hydrogen-bond donors (Lipinski definition) is 0. The van der Waals surface area contributed by atoms with Crippen LogP contribution >= 0.6 is 11.6 Å². The van der Waals surface area contributed by atoms with Crippen molar-refractivity contribution in [1.82, 2.24) is 4.57 Å². The molecular formula is C13H16ClN2O+. The second-order valence-corrected chi connectivity index (χ2v) is 4.22. The van der Waals surface area contributed by atoms with E-state index in [4.69, 9.17) is 16.3 Å². The summed E-state index contributed by atoms with van der Waals surface area (Å²) in [5, 5.41) is 0.803. The molecule has 0 saturated carbocycles. The molecule has 3 nitrogen and oxygen atoms in total. The first-order valence-electron chi connectivity index (χ1n) is 5.65. The fourth-order valence-electron chi connectivity index (χ4n) is 1.63. The Morgan fingerprint density at radius 3 is 2.94 bits per heavy atom. The van der Waals surface area contributed by atoms with Gasteiger partial charge in [0.25, 0.3) is 0 Å². The molecule has 0 saturated heterocycles. The number of ether oxygens (including phenoxy) is 1. The van der Waals surface area contributed by atoms with Crippen molar-refractivity contribution in [2.75, 3.05) is 6.61 Å². The van der Waals surface area contributed by atoms with E-state index in [0.717, 1.165) is 23.7 Å². The maximum absolute atomic E-state index is 6.12. The van der Waals surface area contributed by atoms with E-state index in [-0.39, 0.29) is 0 Å². The highest BCUT2D eigenvalue weighted by molar-refractivity contribution is 6.31. The van der Waals surface area contributed by atoms with Crippen molar-refractivity contribution in [2.45, 2.75) is 20.2 Å². The zero-order valence-corrected chi connectivity index (χ0v) is 10.6. The Labute approximate surface area is 106 Å². The van der Waals surface area contributed by atoms with Crippen molar-refractivity contribution >= 4 is 11.6 Å². The van der Waals surface area contributed by atoms with E-state index < -0.39 is 0 Å². The van der Waals surface area contributed by atoms with Crippen LogP contribution in [0.5, 0.6) is 0 Å². The number of benzene rings is 1. The highest BCUT2D eigenvalue weighted by Crippen LogP contribution is 2.13. The molecule has 0 aliphatic heterocycles. The number of nitrogens with zero attached hydrogens (tertiary/aromatic N) is 2. The van der Waals surface area contributed by atoms with Crippen LogP contribution in [-0.2, 0) is 18.0 Å². The van der Waals surface area contributed by atoms with Crippen molar-refractivity contribution < 1.29 is 9.30 Å². The van der Waals surface area contributed by atoms with Gasteiger partial charge < -0.3 is 4.74 Å². The lowest BCUT2D eigenvalue weighted by molar-refractivity contribution is -0.688. The van der Waals surface area contributed by atoms with Crippen LogP contribution in [0.1, 0.15) is 12.5 Å². The van der Waals surface area contributed by atoms with Gasteiger partial charge in [-0.05, 0) is 13.0 Å². The van der Waals surface area contributed by atoms with E-state index in [1.807, 2.05) is 54.5 Å². The lowest BCUT2D eigenvalue weighted by atomic mass is 10.2. The molecule has 1 heterocycles. The molecule has 2 aromatic rings. The second-order valence-electron chi connectivity index (χ2n) is 3.81. The van der Waals surface area contributed by atoms with Gasteiger partial charge in [0.1, 0.15) is 18.9 Å². The van der Waals surface area contributed by atoms with E-state index >= 15 is 0 Å². The van der Waals surface area contributed by atoms with E-state index in [9.17, 15) is 0 Å². The predicted octanol–water partition coefficient (Wildman–Crippen LogP) is 2.47. The summed E-state index contributed by atoms with van der Waals surface area (Å²) in [5.74, 6) is 0. The number of rotatable bonds is 5. The van der Waals surface area contributed by atoms with Crippen molar-refractivity contribution in [2.24, 2.45) is 0 Å². The lowest BCUT2D eigenvalue weighted by Crippen LogP contribution is -2.31. The van der Waals surface area contributed by atoms with Gasteiger partial charge in [0, 0.05) is 17.2 Å². The van der Waals surface area contributed by atoms with Gasteiger partial charge >= 0.3 is 0 Å². The Morgan fingerprint density at radius 1 is 1.35 bits per heavy atom. The van der Waals surface area contributed by atoms with Crippen molar-refractivity contribution in [1.29, 1.82) is 0 Å². The first-order valence-corrected chi connectivity index (χ1v) is 6.03. The van der Waals surface area contributed by atoms with Crippen LogP contribution in [0.4, 0.5) is 0 Å². The molecule has 0 N–H and O–H groups in total. The van der Waals surface area contributed by atoms with Crippen LogP contribution in [-0.4, -0.2) is 11.2 Å². The SMILES string of the molecule is CCOCn1cc[n+](Cc2ccccc2Cl)c1. The number of hydrogen-bond acceptors (Lipinski definition) is 1. The summed E-state index contributed by atoms with van der Waals surface area (Å²) in [7, 11) is 0. The van der Waals surface area contributed by atoms with Crippen molar-refractivity contribution in [3.8, 4) is 0 Å². The maximum Gasteiger partial charge on any atom is 0.245 e. The van der Waals surface area contributed by atoms with Crippen LogP contribution in [0.2, 0.25) is 5.02 Å². The minimum absolute atomic E-state index is 0.589. The topological polar surface area (TPSA) is 18.0 Å². The molecule has 0 atom stereocenters. The van der Waals surface area contributed by atoms with Crippen LogP contribution in [0, 0.1) is 0 Å². The normalized spacial score (nSPS) is 10.7. The highest BCUT2D eigenvalue weighted by atomic mass is 35.5. The van der Waals surface area contributed by atoms with Crippen LogP contribution in [0.3, 0.4) is 0 Å². The third-order valence-electron chi connectivity index (χ3n) is 2.50. The van der Waals surface area contributed by atoms with E-state index in [0.29, 0.717) is 6.73 Å². The number of halogens is 1. The molecule has 1 aromatic carbocycles. The first kappa shape index (κ1) is 12.1. The smallest absolute Gasteiger partial charge is 0.245 e. The average Bonchev–Trinajstić information content (AvgIpc) is 2.77. The third-order valence-corrected chi connectivity index (χ3v) is 2.87. The molecule has 17 heavy (non-hydrogen) atoms. The minimum Gasteiger partial charge on any atom is -0.342 e. The Bertz CT molecular complexity index is 482. The molecule has 0 fully saturated rings. The van der Waals surface area contributed by atoms with Gasteiger partial charge in [-0.3, -0.25) is 0 Å². The monoisotopic (exact) mass is 251 g/mol. The summed E-state index contributed by atoms with van der Waals surface area (Å²) in [4.78, 5) is 0. The zero-order valence-electron chi connectivity index (χ0n) is 9.84. The standard InChI is InChI=1S/C13H16ClN2O/c1-2-17-11-16-8-7-15(10-16)9-12-5-3-4-6-13(12)14/h3-8,10H,2,9,11H2,1H3/q+1. The van der Waals surface area contributed by atoms with Gasteiger partial charge in [-0.1, -0.05) is 29.8 Å². The summed E-state index contributed by atoms with van der Waals surface area (Å²) >= 11 is 6.12. The van der Waals surface area contributed by atoms with Crippen molar-refractivity contribution in [3.05, 3.63) is 53.6 Å². The van der Waals surface area contributed by atoms with Gasteiger partial charge in [-0.15, -0.1) is 0 Å². The fourth-order valence-corrected chi connectivity index (χ4v) is 1.82. The van der Waals surface area contributed by atoms with Gasteiger partial charge in [-0.25, -0.2) is 9.13 Å². The molecule has 2 rings (SSSR count). The quantitative estimate of drug-likeness (QED) is 0.747. The Balaban J connectivity index is 2.04.